The molecule has 3 aromatic rings. The molecule has 0 saturated carbocycles. The van der Waals surface area contributed by atoms with E-state index in [4.69, 9.17) is 0 Å². The molecule has 26 heavy (non-hydrogen) atoms. The summed E-state index contributed by atoms with van der Waals surface area (Å²) in [7, 11) is 0. The fourth-order valence-corrected chi connectivity index (χ4v) is 4.87. The largest absolute Gasteiger partial charge is 0.342 e. The van der Waals surface area contributed by atoms with Gasteiger partial charge in [0.05, 0.1) is 11.6 Å². The zero-order valence-electron chi connectivity index (χ0n) is 14.5. The quantitative estimate of drug-likeness (QED) is 0.674. The van der Waals surface area contributed by atoms with Crippen LogP contribution in [0.2, 0.25) is 0 Å². The van der Waals surface area contributed by atoms with Crippen molar-refractivity contribution in [1.82, 2.24) is 10.2 Å². The highest BCUT2D eigenvalue weighted by Gasteiger charge is 2.38. The summed E-state index contributed by atoms with van der Waals surface area (Å²) in [5.41, 5.74) is 6.39. The first-order chi connectivity index (χ1) is 12.7. The van der Waals surface area contributed by atoms with Crippen LogP contribution in [0.3, 0.4) is 0 Å². The topological polar surface area (TPSA) is 57.8 Å². The smallest absolute Gasteiger partial charge is 0.161 e. The molecule has 2 aliphatic rings. The van der Waals surface area contributed by atoms with E-state index >= 15 is 0 Å². The predicted octanol–water partition coefficient (Wildman–Crippen LogP) is 5.01. The Morgan fingerprint density at radius 2 is 2.00 bits per heavy atom. The Balaban J connectivity index is 1.73. The van der Waals surface area contributed by atoms with Gasteiger partial charge in [0.1, 0.15) is 0 Å². The zero-order valence-corrected chi connectivity index (χ0v) is 15.3. The van der Waals surface area contributed by atoms with Crippen LogP contribution in [0, 0.1) is 6.92 Å². The van der Waals surface area contributed by atoms with E-state index in [1.165, 1.54) is 10.4 Å². The van der Waals surface area contributed by atoms with Crippen molar-refractivity contribution < 1.29 is 4.79 Å². The van der Waals surface area contributed by atoms with E-state index < -0.39 is 0 Å². The molecule has 4 nitrogen and oxygen atoms in total. The summed E-state index contributed by atoms with van der Waals surface area (Å²) in [5.74, 6) is 1.08. The van der Waals surface area contributed by atoms with Crippen LogP contribution in [0.4, 0.5) is 5.82 Å². The number of aromatic amines is 1. The van der Waals surface area contributed by atoms with Crippen molar-refractivity contribution in [3.8, 4) is 11.3 Å². The summed E-state index contributed by atoms with van der Waals surface area (Å²) in [5, 5.41) is 13.3. The van der Waals surface area contributed by atoms with Crippen molar-refractivity contribution in [1.29, 1.82) is 0 Å². The van der Waals surface area contributed by atoms with E-state index in [9.17, 15) is 4.79 Å². The van der Waals surface area contributed by atoms with Gasteiger partial charge in [-0.25, -0.2) is 0 Å². The standard InChI is InChI=1S/C21H19N3OS/c1-12-7-9-13(10-8-12)20-19-18(16-6-3-11-26-16)17-14(4-2-5-15(17)25)22-21(19)24-23-20/h3,6-11,18H,2,4-5H2,1H3,(H2,22,23,24)/t18-/m1/s1. The van der Waals surface area contributed by atoms with Gasteiger partial charge in [0.25, 0.3) is 0 Å². The van der Waals surface area contributed by atoms with Crippen molar-refractivity contribution in [2.75, 3.05) is 5.32 Å². The number of fused-ring (bicyclic) bond motifs is 1. The Kier molecular flexibility index (Phi) is 3.57. The Bertz CT molecular complexity index is 1010. The average molecular weight is 361 g/mol. The number of Topliss-reactive ketones (excluding diaryl/α,β-unsaturated/α-hetero) is 1. The zero-order chi connectivity index (χ0) is 17.7. The Morgan fingerprint density at radius 1 is 1.15 bits per heavy atom. The molecule has 2 N–H and O–H groups in total. The van der Waals surface area contributed by atoms with Crippen LogP contribution in [0.1, 0.15) is 41.2 Å². The maximum absolute atomic E-state index is 12.8. The number of nitrogens with zero attached hydrogens (tertiary/aromatic N) is 1. The number of aryl methyl sites for hydroxylation is 1. The Hall–Kier alpha value is -2.66. The molecule has 1 aliphatic heterocycles. The minimum atomic E-state index is -0.0379. The summed E-state index contributed by atoms with van der Waals surface area (Å²) in [6, 6.07) is 12.6. The first kappa shape index (κ1) is 15.6. The molecule has 130 valence electrons. The van der Waals surface area contributed by atoms with Gasteiger partial charge in [0, 0.05) is 28.1 Å². The normalized spacial score (nSPS) is 19.1. The minimum Gasteiger partial charge on any atom is -0.342 e. The number of thiophene rings is 1. The highest BCUT2D eigenvalue weighted by molar-refractivity contribution is 7.10. The van der Waals surface area contributed by atoms with Crippen LogP contribution in [-0.2, 0) is 4.79 Å². The lowest BCUT2D eigenvalue weighted by Gasteiger charge is -2.31. The van der Waals surface area contributed by atoms with Gasteiger partial charge in [-0.05, 0) is 36.8 Å². The molecule has 0 saturated heterocycles. The SMILES string of the molecule is Cc1ccc(-c2[nH]nc3c2[C@H](c2cccs2)C2=C(CCCC2=O)N3)cc1. The van der Waals surface area contributed by atoms with Crippen LogP contribution in [0.25, 0.3) is 11.3 Å². The lowest BCUT2D eigenvalue weighted by Crippen LogP contribution is -2.26. The van der Waals surface area contributed by atoms with E-state index in [0.29, 0.717) is 6.42 Å². The van der Waals surface area contributed by atoms with Crippen molar-refractivity contribution in [2.24, 2.45) is 0 Å². The van der Waals surface area contributed by atoms with E-state index in [2.05, 4.69) is 64.2 Å². The van der Waals surface area contributed by atoms with Crippen LogP contribution in [-0.4, -0.2) is 16.0 Å². The molecule has 0 radical (unpaired) electrons. The fourth-order valence-electron chi connectivity index (χ4n) is 4.02. The number of H-pyrrole nitrogens is 1. The highest BCUT2D eigenvalue weighted by Crippen LogP contribution is 2.48. The van der Waals surface area contributed by atoms with Crippen LogP contribution in [0.5, 0.6) is 0 Å². The molecule has 1 atom stereocenters. The van der Waals surface area contributed by atoms with Crippen LogP contribution in [0.15, 0.2) is 53.0 Å². The Labute approximate surface area is 156 Å². The molecule has 2 aromatic heterocycles. The maximum Gasteiger partial charge on any atom is 0.161 e. The molecule has 5 heteroatoms. The number of hydrogen-bond donors (Lipinski definition) is 2. The van der Waals surface area contributed by atoms with Gasteiger partial charge in [-0.3, -0.25) is 9.89 Å². The molecular formula is C21H19N3OS. The molecule has 0 bridgehead atoms. The third-order valence-corrected chi connectivity index (χ3v) is 6.21. The highest BCUT2D eigenvalue weighted by atomic mass is 32.1. The summed E-state index contributed by atoms with van der Waals surface area (Å²) in [4.78, 5) is 14.0. The van der Waals surface area contributed by atoms with Crippen molar-refractivity contribution >= 4 is 22.9 Å². The minimum absolute atomic E-state index is 0.0379. The van der Waals surface area contributed by atoms with E-state index in [1.54, 1.807) is 11.3 Å². The number of anilines is 1. The molecular weight excluding hydrogens is 342 g/mol. The molecule has 1 aliphatic carbocycles. The molecule has 1 aromatic carbocycles. The third kappa shape index (κ3) is 2.35. The maximum atomic E-state index is 12.8. The van der Waals surface area contributed by atoms with Gasteiger partial charge in [-0.1, -0.05) is 35.9 Å². The second-order valence-electron chi connectivity index (χ2n) is 6.97. The second kappa shape index (κ2) is 5.95. The summed E-state index contributed by atoms with van der Waals surface area (Å²) < 4.78 is 0. The van der Waals surface area contributed by atoms with Crippen LogP contribution < -0.4 is 5.32 Å². The predicted molar refractivity (Wildman–Crippen MR) is 104 cm³/mol. The van der Waals surface area contributed by atoms with Crippen molar-refractivity contribution in [3.05, 3.63) is 69.1 Å². The third-order valence-electron chi connectivity index (χ3n) is 5.27. The molecule has 0 unspecified atom stereocenters. The van der Waals surface area contributed by atoms with Crippen molar-refractivity contribution in [3.63, 3.8) is 0 Å². The van der Waals surface area contributed by atoms with Gasteiger partial charge in [-0.15, -0.1) is 11.3 Å². The number of nitrogens with one attached hydrogen (secondary N) is 2. The summed E-state index contributed by atoms with van der Waals surface area (Å²) >= 11 is 1.70. The summed E-state index contributed by atoms with van der Waals surface area (Å²) in [6.07, 6.45) is 2.46. The average Bonchev–Trinajstić information content (AvgIpc) is 3.31. The molecule has 3 heterocycles. The monoisotopic (exact) mass is 361 g/mol. The lowest BCUT2D eigenvalue weighted by molar-refractivity contribution is -0.116. The number of benzene rings is 1. The number of allylic oxidation sites excluding steroid dienone is 2. The van der Waals surface area contributed by atoms with Gasteiger partial charge in [0.15, 0.2) is 11.6 Å². The molecule has 0 amide bonds. The first-order valence-electron chi connectivity index (χ1n) is 8.94. The van der Waals surface area contributed by atoms with Crippen LogP contribution >= 0.6 is 11.3 Å². The fraction of sp³-hybridized carbons (Fsp3) is 0.238. The second-order valence-corrected chi connectivity index (χ2v) is 7.95. The van der Waals surface area contributed by atoms with Gasteiger partial charge < -0.3 is 5.32 Å². The number of carbonyl (C=O) groups excluding carboxylic acids is 1. The van der Waals surface area contributed by atoms with Gasteiger partial charge in [0.2, 0.25) is 0 Å². The molecule has 5 rings (SSSR count). The lowest BCUT2D eigenvalue weighted by atomic mass is 9.78. The summed E-state index contributed by atoms with van der Waals surface area (Å²) in [6.45, 7) is 2.08. The number of aromatic nitrogens is 2. The van der Waals surface area contributed by atoms with Gasteiger partial charge in [-0.2, -0.15) is 5.10 Å². The number of ketones is 1. The number of hydrogen-bond acceptors (Lipinski definition) is 4. The number of carbonyl (C=O) groups is 1. The molecule has 0 fully saturated rings. The van der Waals surface area contributed by atoms with Crippen molar-refractivity contribution in [2.45, 2.75) is 32.1 Å². The first-order valence-corrected chi connectivity index (χ1v) is 9.82. The van der Waals surface area contributed by atoms with E-state index in [0.717, 1.165) is 46.8 Å². The van der Waals surface area contributed by atoms with E-state index in [1.807, 2.05) is 0 Å². The van der Waals surface area contributed by atoms with E-state index in [-0.39, 0.29) is 11.7 Å². The van der Waals surface area contributed by atoms with Gasteiger partial charge >= 0.3 is 0 Å². The Morgan fingerprint density at radius 3 is 2.77 bits per heavy atom. The molecule has 0 spiro atoms. The number of rotatable bonds is 2.